The van der Waals surface area contributed by atoms with Gasteiger partial charge in [-0.1, -0.05) is 27.2 Å². The molecule has 1 amide bonds. The van der Waals surface area contributed by atoms with Crippen molar-refractivity contribution in [1.82, 2.24) is 10.3 Å². The van der Waals surface area contributed by atoms with Gasteiger partial charge in [-0.05, 0) is 72.1 Å². The number of ether oxygens (including phenoxy) is 2. The molecule has 1 saturated heterocycles. The summed E-state index contributed by atoms with van der Waals surface area (Å²) in [5.41, 5.74) is 0.0111. The fourth-order valence-corrected chi connectivity index (χ4v) is 3.29. The zero-order valence-corrected chi connectivity index (χ0v) is 20.8. The number of nitrogens with one attached hydrogen (secondary N) is 1. The number of benzene rings is 1. The predicted octanol–water partition coefficient (Wildman–Crippen LogP) is 5.32. The van der Waals surface area contributed by atoms with Crippen LogP contribution in [0.5, 0.6) is 0 Å². The molecule has 1 N–H and O–H groups in total. The highest BCUT2D eigenvalue weighted by molar-refractivity contribution is 9.10. The van der Waals surface area contributed by atoms with Crippen LogP contribution >= 0.6 is 15.9 Å². The van der Waals surface area contributed by atoms with E-state index in [1.54, 1.807) is 41.5 Å². The summed E-state index contributed by atoms with van der Waals surface area (Å²) in [6.45, 7) is 12.4. The summed E-state index contributed by atoms with van der Waals surface area (Å²) in [6.07, 6.45) is 1.71. The zero-order valence-electron chi connectivity index (χ0n) is 19.2. The Balaban J connectivity index is 2.25. The molecule has 0 radical (unpaired) electrons. The highest BCUT2D eigenvalue weighted by atomic mass is 79.9. The average molecular weight is 497 g/mol. The first kappa shape index (κ1) is 25.1. The fraction of sp³-hybridized carbons (Fsp3) is 0.636. The van der Waals surface area contributed by atoms with Crippen molar-refractivity contribution in [3.63, 3.8) is 0 Å². The SMILES string of the molecule is CC(C)(C)OC(=O)NC(Cc1ccc(Br)cc1/N=N/N1CCCC1)C(=O)OC(C)(C)C. The molecule has 1 aliphatic heterocycles. The molecule has 1 aromatic carbocycles. The van der Waals surface area contributed by atoms with Crippen LogP contribution in [0.15, 0.2) is 33.0 Å². The van der Waals surface area contributed by atoms with E-state index in [2.05, 4.69) is 31.6 Å². The van der Waals surface area contributed by atoms with E-state index < -0.39 is 29.3 Å². The Morgan fingerprint density at radius 2 is 1.71 bits per heavy atom. The third-order valence-electron chi connectivity index (χ3n) is 4.22. The Labute approximate surface area is 192 Å². The van der Waals surface area contributed by atoms with Crippen LogP contribution in [0.25, 0.3) is 0 Å². The highest BCUT2D eigenvalue weighted by Crippen LogP contribution is 2.27. The van der Waals surface area contributed by atoms with Crippen molar-refractivity contribution >= 4 is 33.7 Å². The average Bonchev–Trinajstić information content (AvgIpc) is 3.11. The molecule has 1 unspecified atom stereocenters. The summed E-state index contributed by atoms with van der Waals surface area (Å²) in [5.74, 6) is -0.538. The predicted molar refractivity (Wildman–Crippen MR) is 122 cm³/mol. The summed E-state index contributed by atoms with van der Waals surface area (Å²) in [4.78, 5) is 25.2. The minimum atomic E-state index is -0.934. The van der Waals surface area contributed by atoms with Crippen LogP contribution in [0.3, 0.4) is 0 Å². The molecule has 8 nitrogen and oxygen atoms in total. The van der Waals surface area contributed by atoms with Crippen LogP contribution < -0.4 is 5.32 Å². The maximum absolute atomic E-state index is 12.8. The first-order valence-corrected chi connectivity index (χ1v) is 11.3. The van der Waals surface area contributed by atoms with Gasteiger partial charge in [0.25, 0.3) is 0 Å². The quantitative estimate of drug-likeness (QED) is 0.424. The van der Waals surface area contributed by atoms with Crippen LogP contribution in [0, 0.1) is 0 Å². The second-order valence-corrected chi connectivity index (χ2v) is 10.5. The van der Waals surface area contributed by atoms with Crippen molar-refractivity contribution < 1.29 is 19.1 Å². The van der Waals surface area contributed by atoms with Crippen LogP contribution in [0.4, 0.5) is 10.5 Å². The fourth-order valence-electron chi connectivity index (χ4n) is 2.94. The van der Waals surface area contributed by atoms with Gasteiger partial charge in [-0.2, -0.15) is 0 Å². The van der Waals surface area contributed by atoms with Crippen molar-refractivity contribution in [2.75, 3.05) is 13.1 Å². The van der Waals surface area contributed by atoms with Gasteiger partial charge < -0.3 is 14.8 Å². The number of alkyl carbamates (subject to hydrolysis) is 1. The van der Waals surface area contributed by atoms with Crippen LogP contribution in [0.1, 0.15) is 59.9 Å². The van der Waals surface area contributed by atoms with Crippen molar-refractivity contribution in [3.05, 3.63) is 28.2 Å². The third-order valence-corrected chi connectivity index (χ3v) is 4.71. The molecule has 0 bridgehead atoms. The molecule has 1 aromatic rings. The summed E-state index contributed by atoms with van der Waals surface area (Å²) < 4.78 is 11.7. The van der Waals surface area contributed by atoms with Gasteiger partial charge in [0.1, 0.15) is 17.2 Å². The standard InChI is InChI=1S/C22H33BrN4O4/c1-21(2,3)30-19(28)18(24-20(29)31-22(4,5)6)13-15-9-10-16(23)14-17(15)25-26-27-11-7-8-12-27/h9-10,14,18H,7-8,11-13H2,1-6H3,(H,24,29)/b26-25+. The molecule has 31 heavy (non-hydrogen) atoms. The second-order valence-electron chi connectivity index (χ2n) is 9.56. The van der Waals surface area contributed by atoms with E-state index >= 15 is 0 Å². The smallest absolute Gasteiger partial charge is 0.408 e. The molecule has 1 fully saturated rings. The number of hydrogen-bond acceptors (Lipinski definition) is 6. The molecule has 2 rings (SSSR count). The second kappa shape index (κ2) is 10.4. The minimum absolute atomic E-state index is 0.190. The Hall–Kier alpha value is -2.16. The van der Waals surface area contributed by atoms with Crippen LogP contribution in [-0.2, 0) is 20.7 Å². The molecule has 0 aromatic heterocycles. The monoisotopic (exact) mass is 496 g/mol. The van der Waals surface area contributed by atoms with E-state index in [9.17, 15) is 9.59 Å². The first-order valence-electron chi connectivity index (χ1n) is 10.5. The molecule has 9 heteroatoms. The molecule has 0 spiro atoms. The van der Waals surface area contributed by atoms with Crippen molar-refractivity contribution in [3.8, 4) is 0 Å². The lowest BCUT2D eigenvalue weighted by molar-refractivity contribution is -0.157. The van der Waals surface area contributed by atoms with Gasteiger partial charge in [0.15, 0.2) is 0 Å². The zero-order chi connectivity index (χ0) is 23.2. The van der Waals surface area contributed by atoms with Crippen LogP contribution in [0.2, 0.25) is 0 Å². The van der Waals surface area contributed by atoms with Gasteiger partial charge >= 0.3 is 12.1 Å². The normalized spacial score (nSPS) is 15.8. The molecule has 0 aliphatic carbocycles. The molecule has 1 heterocycles. The Morgan fingerprint density at radius 1 is 1.10 bits per heavy atom. The summed E-state index contributed by atoms with van der Waals surface area (Å²) in [5, 5.41) is 13.3. The maximum atomic E-state index is 12.8. The Bertz CT molecular complexity index is 809. The van der Waals surface area contributed by atoms with Crippen molar-refractivity contribution in [2.45, 2.75) is 78.0 Å². The lowest BCUT2D eigenvalue weighted by Gasteiger charge is -2.26. The number of carbonyl (C=O) groups is 2. The van der Waals surface area contributed by atoms with E-state index in [-0.39, 0.29) is 6.42 Å². The Morgan fingerprint density at radius 3 is 2.29 bits per heavy atom. The molecular weight excluding hydrogens is 464 g/mol. The lowest BCUT2D eigenvalue weighted by atomic mass is 10.0. The van der Waals surface area contributed by atoms with E-state index in [4.69, 9.17) is 9.47 Å². The number of amides is 1. The van der Waals surface area contributed by atoms with Gasteiger partial charge in [-0.15, -0.1) is 5.11 Å². The number of hydrogen-bond donors (Lipinski definition) is 1. The minimum Gasteiger partial charge on any atom is -0.458 e. The third kappa shape index (κ3) is 9.25. The van der Waals surface area contributed by atoms with Crippen LogP contribution in [-0.4, -0.2) is 47.4 Å². The number of rotatable bonds is 6. The largest absolute Gasteiger partial charge is 0.458 e. The highest BCUT2D eigenvalue weighted by Gasteiger charge is 2.29. The van der Waals surface area contributed by atoms with Crippen molar-refractivity contribution in [1.29, 1.82) is 0 Å². The summed E-state index contributed by atoms with van der Waals surface area (Å²) >= 11 is 3.46. The number of carbonyl (C=O) groups excluding carboxylic acids is 2. The first-order chi connectivity index (χ1) is 14.3. The van der Waals surface area contributed by atoms with Gasteiger partial charge in [0.2, 0.25) is 0 Å². The summed E-state index contributed by atoms with van der Waals surface area (Å²) in [7, 11) is 0. The molecule has 0 saturated carbocycles. The topological polar surface area (TPSA) is 92.6 Å². The van der Waals surface area contributed by atoms with E-state index in [1.807, 2.05) is 23.2 Å². The van der Waals surface area contributed by atoms with Crippen molar-refractivity contribution in [2.24, 2.45) is 10.3 Å². The van der Waals surface area contributed by atoms with Gasteiger partial charge in [0, 0.05) is 24.0 Å². The summed E-state index contributed by atoms with van der Waals surface area (Å²) in [6, 6.07) is 4.63. The lowest BCUT2D eigenvalue weighted by Crippen LogP contribution is -2.47. The Kier molecular flexibility index (Phi) is 8.45. The number of esters is 1. The van der Waals surface area contributed by atoms with E-state index in [0.717, 1.165) is 36.0 Å². The number of nitrogens with zero attached hydrogens (tertiary/aromatic N) is 3. The van der Waals surface area contributed by atoms with Gasteiger partial charge in [-0.3, -0.25) is 5.01 Å². The van der Waals surface area contributed by atoms with E-state index in [0.29, 0.717) is 5.69 Å². The van der Waals surface area contributed by atoms with Gasteiger partial charge in [0.05, 0.1) is 5.69 Å². The maximum Gasteiger partial charge on any atom is 0.408 e. The molecule has 172 valence electrons. The number of halogens is 1. The van der Waals surface area contributed by atoms with Gasteiger partial charge in [-0.25, -0.2) is 9.59 Å². The molecular formula is C22H33BrN4O4. The molecule has 1 aliphatic rings. The van der Waals surface area contributed by atoms with E-state index in [1.165, 1.54) is 0 Å². The molecule has 1 atom stereocenters.